The van der Waals surface area contributed by atoms with E-state index in [2.05, 4.69) is 0 Å². The van der Waals surface area contributed by atoms with Crippen LogP contribution in [0.4, 0.5) is 0 Å². The van der Waals surface area contributed by atoms with Crippen molar-refractivity contribution in [3.05, 3.63) is 0 Å². The Bertz CT molecular complexity index is 445. The van der Waals surface area contributed by atoms with Crippen molar-refractivity contribution in [2.24, 2.45) is 5.73 Å². The Hall–Kier alpha value is -2.89. The molecule has 1 heterocycles. The van der Waals surface area contributed by atoms with Gasteiger partial charge in [0.15, 0.2) is 6.29 Å². The number of carboxylic acids is 5. The molecule has 0 radical (unpaired) electrons. The van der Waals surface area contributed by atoms with Crippen LogP contribution in [0.1, 0.15) is 34.6 Å². The van der Waals surface area contributed by atoms with Crippen molar-refractivity contribution in [2.75, 3.05) is 6.61 Å². The summed E-state index contributed by atoms with van der Waals surface area (Å²) in [6, 6.07) is -1.04. The lowest BCUT2D eigenvalue weighted by Crippen LogP contribution is -2.61. The van der Waals surface area contributed by atoms with E-state index >= 15 is 0 Å². The molecule has 1 aliphatic rings. The van der Waals surface area contributed by atoms with Crippen LogP contribution in [0, 0.1) is 0 Å². The molecule has 0 saturated carbocycles. The maximum atomic E-state index is 9.20. The van der Waals surface area contributed by atoms with Crippen molar-refractivity contribution >= 4 is 29.8 Å². The van der Waals surface area contributed by atoms with E-state index in [4.69, 9.17) is 70.2 Å². The van der Waals surface area contributed by atoms with Gasteiger partial charge in [-0.2, -0.15) is 0 Å². The van der Waals surface area contributed by atoms with Crippen LogP contribution in [0.5, 0.6) is 0 Å². The van der Waals surface area contributed by atoms with Crippen LogP contribution in [0.15, 0.2) is 0 Å². The Kier molecular flexibility index (Phi) is 30.1. The predicted molar refractivity (Wildman–Crippen MR) is 105 cm³/mol. The number of carbonyl (C=O) groups is 5. The summed E-state index contributed by atoms with van der Waals surface area (Å²) < 4.78 is 4.70. The highest BCUT2D eigenvalue weighted by Crippen LogP contribution is 2.17. The number of hydrogen-bond acceptors (Lipinski definition) is 11. The molecule has 16 heteroatoms. The van der Waals surface area contributed by atoms with E-state index in [1.165, 1.54) is 0 Å². The topological polar surface area (TPSA) is 303 Å². The van der Waals surface area contributed by atoms with Crippen molar-refractivity contribution in [1.29, 1.82) is 0 Å². The molecule has 1 rings (SSSR count). The highest BCUT2D eigenvalue weighted by atomic mass is 16.6. The lowest BCUT2D eigenvalue weighted by molar-refractivity contribution is -0.248. The van der Waals surface area contributed by atoms with Crippen molar-refractivity contribution in [3.63, 3.8) is 0 Å². The number of nitrogens with two attached hydrogens (primary N) is 1. The van der Waals surface area contributed by atoms with E-state index in [0.717, 1.165) is 34.6 Å². The molecule has 192 valence electrons. The van der Waals surface area contributed by atoms with Gasteiger partial charge in [0, 0.05) is 34.6 Å². The largest absolute Gasteiger partial charge is 0.481 e. The second-order valence-corrected chi connectivity index (χ2v) is 5.40. The first kappa shape index (κ1) is 39.6. The van der Waals surface area contributed by atoms with Crippen molar-refractivity contribution in [1.82, 2.24) is 0 Å². The number of aliphatic carboxylic acids is 5. The molecule has 0 spiro atoms. The molecular weight excluding hydrogens is 446 g/mol. The van der Waals surface area contributed by atoms with Crippen LogP contribution in [-0.2, 0) is 28.7 Å². The van der Waals surface area contributed by atoms with Crippen LogP contribution in [0.3, 0.4) is 0 Å². The molecule has 1 aliphatic heterocycles. The summed E-state index contributed by atoms with van der Waals surface area (Å²) >= 11 is 0. The van der Waals surface area contributed by atoms with Gasteiger partial charge < -0.3 is 56.4 Å². The van der Waals surface area contributed by atoms with Gasteiger partial charge in [0.05, 0.1) is 12.6 Å². The molecule has 0 aromatic heterocycles. The fraction of sp³-hybridized carbons (Fsp3) is 0.688. The number of aliphatic hydroxyl groups is 4. The van der Waals surface area contributed by atoms with E-state index in [1.807, 2.05) is 0 Å². The van der Waals surface area contributed by atoms with Crippen LogP contribution < -0.4 is 5.73 Å². The molecule has 16 nitrogen and oxygen atoms in total. The van der Waals surface area contributed by atoms with Crippen LogP contribution in [0.2, 0.25) is 0 Å². The van der Waals surface area contributed by atoms with Crippen LogP contribution in [0.25, 0.3) is 0 Å². The molecule has 1 saturated heterocycles. The molecule has 32 heavy (non-hydrogen) atoms. The zero-order valence-corrected chi connectivity index (χ0v) is 18.1. The van der Waals surface area contributed by atoms with Gasteiger partial charge in [-0.05, 0) is 0 Å². The summed E-state index contributed by atoms with van der Waals surface area (Å²) in [4.78, 5) is 45.0. The van der Waals surface area contributed by atoms with Crippen molar-refractivity contribution < 1.29 is 74.7 Å². The summed E-state index contributed by atoms with van der Waals surface area (Å²) in [5.41, 5.74) is 5.26. The maximum Gasteiger partial charge on any atom is 0.300 e. The lowest BCUT2D eigenvalue weighted by Gasteiger charge is -2.38. The Balaban J connectivity index is -0.000000102. The zero-order valence-electron chi connectivity index (χ0n) is 18.1. The van der Waals surface area contributed by atoms with Crippen molar-refractivity contribution in [2.45, 2.75) is 65.3 Å². The first-order valence-electron chi connectivity index (χ1n) is 8.28. The van der Waals surface area contributed by atoms with Crippen LogP contribution in [-0.4, -0.2) is 113 Å². The Morgan fingerprint density at radius 2 is 0.875 bits per heavy atom. The van der Waals surface area contributed by atoms with Gasteiger partial charge in [0.2, 0.25) is 0 Å². The molecule has 2 unspecified atom stereocenters. The molecular formula is C16H33NO15. The van der Waals surface area contributed by atoms with E-state index in [-0.39, 0.29) is 0 Å². The SMILES string of the molecule is CC(=O)O.CC(=O)O.CC(=O)O.CC(=O)O.CC(=O)O.N[C@H]1C(O)O[C@H](CO)[C@@H](O)C1O. The van der Waals surface area contributed by atoms with Crippen molar-refractivity contribution in [3.8, 4) is 0 Å². The Morgan fingerprint density at radius 3 is 1.06 bits per heavy atom. The van der Waals surface area contributed by atoms with E-state index in [0.29, 0.717) is 0 Å². The van der Waals surface area contributed by atoms with Gasteiger partial charge >= 0.3 is 0 Å². The lowest BCUT2D eigenvalue weighted by atomic mass is 9.98. The second-order valence-electron chi connectivity index (χ2n) is 5.40. The number of aliphatic hydroxyl groups excluding tert-OH is 4. The smallest absolute Gasteiger partial charge is 0.300 e. The third-order valence-corrected chi connectivity index (χ3v) is 1.95. The standard InChI is InChI=1S/C6H13NO5.5C2H4O2/c7-3-5(10)4(9)2(1-8)12-6(3)11;5*1-2(3)4/h2-6,8-11H,1,7H2;5*1H3,(H,3,4)/t2-,3-,4-,5?,6?;;;;;/m1...../s1. The molecule has 1 fully saturated rings. The molecule has 11 N–H and O–H groups in total. The average molecular weight is 479 g/mol. The minimum Gasteiger partial charge on any atom is -0.481 e. The summed E-state index contributed by atoms with van der Waals surface area (Å²) in [7, 11) is 0. The highest BCUT2D eigenvalue weighted by Gasteiger charge is 2.41. The van der Waals surface area contributed by atoms with E-state index < -0.39 is 67.1 Å². The second kappa shape index (κ2) is 24.4. The first-order chi connectivity index (χ1) is 14.2. The molecule has 0 bridgehead atoms. The fourth-order valence-corrected chi connectivity index (χ4v) is 1.12. The highest BCUT2D eigenvalue weighted by molar-refractivity contribution is 5.63. The van der Waals surface area contributed by atoms with Gasteiger partial charge in [-0.3, -0.25) is 24.0 Å². The van der Waals surface area contributed by atoms with Gasteiger partial charge in [-0.15, -0.1) is 0 Å². The van der Waals surface area contributed by atoms with E-state index in [1.54, 1.807) is 0 Å². The molecule has 0 aromatic carbocycles. The fourth-order valence-electron chi connectivity index (χ4n) is 1.12. The third-order valence-electron chi connectivity index (χ3n) is 1.95. The van der Waals surface area contributed by atoms with E-state index in [9.17, 15) is 10.2 Å². The van der Waals surface area contributed by atoms with Gasteiger partial charge in [-0.1, -0.05) is 0 Å². The Morgan fingerprint density at radius 1 is 0.656 bits per heavy atom. The van der Waals surface area contributed by atoms with Crippen LogP contribution >= 0.6 is 0 Å². The number of carboxylic acid groups (broad SMARTS) is 5. The summed E-state index contributed by atoms with van der Waals surface area (Å²) in [5, 5.41) is 73.1. The average Bonchev–Trinajstić information content (AvgIpc) is 2.53. The zero-order chi connectivity index (χ0) is 27.2. The summed E-state index contributed by atoms with van der Waals surface area (Å²) in [6.07, 6.45) is -4.85. The maximum absolute atomic E-state index is 9.20. The minimum atomic E-state index is -1.35. The summed E-state index contributed by atoms with van der Waals surface area (Å²) in [6.45, 7) is 4.95. The predicted octanol–water partition coefficient (Wildman–Crippen LogP) is -2.80. The molecule has 0 aromatic rings. The third kappa shape index (κ3) is 50.6. The number of rotatable bonds is 1. The molecule has 0 amide bonds. The summed E-state index contributed by atoms with van der Waals surface area (Å²) in [5.74, 6) is -4.17. The number of ether oxygens (including phenoxy) is 1. The molecule has 5 atom stereocenters. The number of hydrogen-bond donors (Lipinski definition) is 10. The first-order valence-corrected chi connectivity index (χ1v) is 8.28. The Labute approximate surface area is 183 Å². The monoisotopic (exact) mass is 479 g/mol. The van der Waals surface area contributed by atoms with Gasteiger partial charge in [0.25, 0.3) is 29.8 Å². The normalized spacial score (nSPS) is 22.4. The van der Waals surface area contributed by atoms with Gasteiger partial charge in [0.1, 0.15) is 18.3 Å². The minimum absolute atomic E-state index is 0.470. The molecule has 0 aliphatic carbocycles. The quantitative estimate of drug-likeness (QED) is 0.181. The van der Waals surface area contributed by atoms with Gasteiger partial charge in [-0.25, -0.2) is 0 Å².